The van der Waals surface area contributed by atoms with Crippen molar-refractivity contribution >= 4 is 17.2 Å². The number of likely N-dealkylation sites (N-methyl/N-ethyl adjacent to an activating group) is 1. The summed E-state index contributed by atoms with van der Waals surface area (Å²) in [5.74, 6) is 0.937. The van der Waals surface area contributed by atoms with E-state index in [1.807, 2.05) is 56.6 Å². The van der Waals surface area contributed by atoms with Crippen molar-refractivity contribution in [2.75, 3.05) is 20.2 Å². The normalized spacial score (nSPS) is 10.3. The van der Waals surface area contributed by atoms with E-state index in [0.29, 0.717) is 13.2 Å². The number of hydrogen-bond donors (Lipinski definition) is 0. The molecule has 0 N–H and O–H groups in total. The van der Waals surface area contributed by atoms with E-state index in [2.05, 4.69) is 0 Å². The van der Waals surface area contributed by atoms with Crippen LogP contribution in [0.1, 0.15) is 20.8 Å². The molecule has 0 aliphatic rings. The van der Waals surface area contributed by atoms with Crippen LogP contribution < -0.4 is 4.74 Å². The maximum absolute atomic E-state index is 12.2. The summed E-state index contributed by atoms with van der Waals surface area (Å²) in [4.78, 5) is 14.7. The van der Waals surface area contributed by atoms with Gasteiger partial charge in [-0.1, -0.05) is 18.2 Å². The molecule has 0 fully saturated rings. The fourth-order valence-electron chi connectivity index (χ4n) is 1.88. The monoisotopic (exact) mass is 289 g/mol. The number of hydrogen-bond acceptors (Lipinski definition) is 3. The van der Waals surface area contributed by atoms with Gasteiger partial charge < -0.3 is 9.64 Å². The molecule has 1 amide bonds. The molecule has 0 aliphatic heterocycles. The molecule has 0 bridgehead atoms. The molecule has 4 heteroatoms. The summed E-state index contributed by atoms with van der Waals surface area (Å²) in [7, 11) is 1.81. The van der Waals surface area contributed by atoms with Crippen molar-refractivity contribution in [1.82, 2.24) is 4.90 Å². The standard InChI is InChI=1S/C16H19NO2S/c1-12-6-4-5-7-14(12)19-10-9-17(3)16(18)15-13(2)8-11-20-15/h4-8,11H,9-10H2,1-3H3. The summed E-state index contributed by atoms with van der Waals surface area (Å²) in [6.45, 7) is 5.04. The van der Waals surface area contributed by atoms with E-state index in [4.69, 9.17) is 4.74 Å². The van der Waals surface area contributed by atoms with Crippen molar-refractivity contribution in [1.29, 1.82) is 0 Å². The molecule has 20 heavy (non-hydrogen) atoms. The molecule has 106 valence electrons. The van der Waals surface area contributed by atoms with E-state index in [-0.39, 0.29) is 5.91 Å². The number of nitrogens with zero attached hydrogens (tertiary/aromatic N) is 1. The Balaban J connectivity index is 1.87. The molecule has 1 heterocycles. The highest BCUT2D eigenvalue weighted by molar-refractivity contribution is 7.12. The Labute approximate surface area is 123 Å². The van der Waals surface area contributed by atoms with Crippen molar-refractivity contribution in [2.45, 2.75) is 13.8 Å². The lowest BCUT2D eigenvalue weighted by Gasteiger charge is -2.17. The molecular weight excluding hydrogens is 270 g/mol. The highest BCUT2D eigenvalue weighted by Gasteiger charge is 2.15. The van der Waals surface area contributed by atoms with E-state index in [9.17, 15) is 4.79 Å². The van der Waals surface area contributed by atoms with Crippen LogP contribution in [0, 0.1) is 13.8 Å². The van der Waals surface area contributed by atoms with Crippen LogP contribution in [0.15, 0.2) is 35.7 Å². The second-order valence-corrected chi connectivity index (χ2v) is 5.69. The molecule has 0 spiro atoms. The van der Waals surface area contributed by atoms with Gasteiger partial charge in [0.1, 0.15) is 12.4 Å². The number of ether oxygens (including phenoxy) is 1. The minimum atomic E-state index is 0.0610. The Morgan fingerprint density at radius 1 is 1.20 bits per heavy atom. The lowest BCUT2D eigenvalue weighted by molar-refractivity contribution is 0.0778. The molecule has 1 aromatic heterocycles. The number of rotatable bonds is 5. The summed E-state index contributed by atoms with van der Waals surface area (Å²) in [6, 6.07) is 9.86. The summed E-state index contributed by atoms with van der Waals surface area (Å²) in [5.41, 5.74) is 2.14. The third-order valence-electron chi connectivity index (χ3n) is 3.18. The Bertz CT molecular complexity index is 592. The fraction of sp³-hybridized carbons (Fsp3) is 0.312. The van der Waals surface area contributed by atoms with Crippen LogP contribution in [-0.4, -0.2) is 31.0 Å². The Kier molecular flexibility index (Phi) is 4.79. The molecule has 0 saturated carbocycles. The highest BCUT2D eigenvalue weighted by Crippen LogP contribution is 2.18. The van der Waals surface area contributed by atoms with Crippen LogP contribution >= 0.6 is 11.3 Å². The van der Waals surface area contributed by atoms with Crippen LogP contribution in [0.5, 0.6) is 5.75 Å². The Hall–Kier alpha value is -1.81. The van der Waals surface area contributed by atoms with Crippen LogP contribution in [0.3, 0.4) is 0 Å². The van der Waals surface area contributed by atoms with E-state index >= 15 is 0 Å². The lowest BCUT2D eigenvalue weighted by Crippen LogP contribution is -2.30. The van der Waals surface area contributed by atoms with Crippen LogP contribution in [0.25, 0.3) is 0 Å². The van der Waals surface area contributed by atoms with Crippen molar-refractivity contribution in [3.8, 4) is 5.75 Å². The minimum Gasteiger partial charge on any atom is -0.491 e. The quantitative estimate of drug-likeness (QED) is 0.843. The van der Waals surface area contributed by atoms with Crippen LogP contribution in [0.4, 0.5) is 0 Å². The van der Waals surface area contributed by atoms with E-state index < -0.39 is 0 Å². The number of amides is 1. The molecule has 0 unspecified atom stereocenters. The maximum atomic E-state index is 12.2. The SMILES string of the molecule is Cc1ccccc1OCCN(C)C(=O)c1sccc1C. The van der Waals surface area contributed by atoms with Gasteiger partial charge in [-0.3, -0.25) is 4.79 Å². The lowest BCUT2D eigenvalue weighted by atomic mass is 10.2. The molecule has 0 atom stereocenters. The Morgan fingerprint density at radius 3 is 2.60 bits per heavy atom. The van der Waals surface area contributed by atoms with Gasteiger partial charge in [0.2, 0.25) is 0 Å². The van der Waals surface area contributed by atoms with Gasteiger partial charge >= 0.3 is 0 Å². The number of aryl methyl sites for hydroxylation is 2. The average molecular weight is 289 g/mol. The first-order chi connectivity index (χ1) is 9.59. The second kappa shape index (κ2) is 6.57. The van der Waals surface area contributed by atoms with Crippen LogP contribution in [-0.2, 0) is 0 Å². The zero-order valence-corrected chi connectivity index (χ0v) is 12.9. The van der Waals surface area contributed by atoms with Crippen molar-refractivity contribution < 1.29 is 9.53 Å². The van der Waals surface area contributed by atoms with Crippen LogP contribution in [0.2, 0.25) is 0 Å². The minimum absolute atomic E-state index is 0.0610. The molecule has 2 aromatic rings. The van der Waals surface area contributed by atoms with Gasteiger partial charge in [-0.2, -0.15) is 0 Å². The van der Waals surface area contributed by atoms with E-state index in [1.165, 1.54) is 11.3 Å². The number of para-hydroxylation sites is 1. The predicted molar refractivity (Wildman–Crippen MR) is 82.7 cm³/mol. The van der Waals surface area contributed by atoms with Gasteiger partial charge in [0.15, 0.2) is 0 Å². The third kappa shape index (κ3) is 3.39. The van der Waals surface area contributed by atoms with Gasteiger partial charge in [-0.05, 0) is 42.5 Å². The zero-order valence-electron chi connectivity index (χ0n) is 12.1. The zero-order chi connectivity index (χ0) is 14.5. The smallest absolute Gasteiger partial charge is 0.264 e. The van der Waals surface area contributed by atoms with Gasteiger partial charge in [-0.25, -0.2) is 0 Å². The first kappa shape index (κ1) is 14.6. The second-order valence-electron chi connectivity index (χ2n) is 4.77. The summed E-state index contributed by atoms with van der Waals surface area (Å²) in [6.07, 6.45) is 0. The van der Waals surface area contributed by atoms with E-state index in [0.717, 1.165) is 21.8 Å². The first-order valence-corrected chi connectivity index (χ1v) is 7.45. The topological polar surface area (TPSA) is 29.5 Å². The molecule has 2 rings (SSSR count). The van der Waals surface area contributed by atoms with Crippen molar-refractivity contribution in [3.05, 3.63) is 51.7 Å². The maximum Gasteiger partial charge on any atom is 0.264 e. The highest BCUT2D eigenvalue weighted by atomic mass is 32.1. The van der Waals surface area contributed by atoms with Gasteiger partial charge in [0.25, 0.3) is 5.91 Å². The van der Waals surface area contributed by atoms with Crippen molar-refractivity contribution in [2.24, 2.45) is 0 Å². The largest absolute Gasteiger partial charge is 0.491 e. The first-order valence-electron chi connectivity index (χ1n) is 6.57. The molecule has 0 saturated heterocycles. The van der Waals surface area contributed by atoms with E-state index in [1.54, 1.807) is 4.90 Å². The van der Waals surface area contributed by atoms with Gasteiger partial charge in [0, 0.05) is 7.05 Å². The van der Waals surface area contributed by atoms with Crippen molar-refractivity contribution in [3.63, 3.8) is 0 Å². The summed E-state index contributed by atoms with van der Waals surface area (Å²) >= 11 is 1.49. The summed E-state index contributed by atoms with van der Waals surface area (Å²) < 4.78 is 5.71. The third-order valence-corrected chi connectivity index (χ3v) is 4.19. The molecular formula is C16H19NO2S. The fourth-order valence-corrected chi connectivity index (χ4v) is 2.80. The van der Waals surface area contributed by atoms with Gasteiger partial charge in [-0.15, -0.1) is 11.3 Å². The number of carbonyl (C=O) groups is 1. The Morgan fingerprint density at radius 2 is 1.95 bits per heavy atom. The predicted octanol–water partition coefficient (Wildman–Crippen LogP) is 3.52. The molecule has 0 aliphatic carbocycles. The van der Waals surface area contributed by atoms with Gasteiger partial charge in [0.05, 0.1) is 11.4 Å². The molecule has 1 aromatic carbocycles. The number of benzene rings is 1. The average Bonchev–Trinajstić information content (AvgIpc) is 2.86. The summed E-state index contributed by atoms with van der Waals surface area (Å²) in [5, 5.41) is 1.94. The number of thiophene rings is 1. The molecule has 0 radical (unpaired) electrons. The molecule has 3 nitrogen and oxygen atoms in total. The number of carbonyl (C=O) groups excluding carboxylic acids is 1.